The van der Waals surface area contributed by atoms with Crippen molar-refractivity contribution in [1.82, 2.24) is 10.2 Å². The van der Waals surface area contributed by atoms with Gasteiger partial charge in [0.25, 0.3) is 17.5 Å². The number of hydrogen-bond donors (Lipinski definition) is 1. The number of rotatable bonds is 4. The molecule has 3 amide bonds. The molecule has 6 rings (SSSR count). The summed E-state index contributed by atoms with van der Waals surface area (Å²) in [5, 5.41) is 14.3. The van der Waals surface area contributed by atoms with Crippen molar-refractivity contribution < 1.29 is 19.3 Å². The number of amides is 3. The average Bonchev–Trinajstić information content (AvgIpc) is 2.85. The van der Waals surface area contributed by atoms with Gasteiger partial charge in [0.2, 0.25) is 5.91 Å². The molecule has 0 unspecified atom stereocenters. The highest BCUT2D eigenvalue weighted by molar-refractivity contribution is 6.24. The van der Waals surface area contributed by atoms with Crippen molar-refractivity contribution in [3.63, 3.8) is 0 Å². The van der Waals surface area contributed by atoms with Crippen LogP contribution in [0.15, 0.2) is 18.2 Å². The van der Waals surface area contributed by atoms with Crippen LogP contribution in [0.1, 0.15) is 59.2 Å². The van der Waals surface area contributed by atoms with Crippen molar-refractivity contribution in [3.05, 3.63) is 39.4 Å². The summed E-state index contributed by atoms with van der Waals surface area (Å²) in [6.45, 7) is -0.398. The van der Waals surface area contributed by atoms with Crippen LogP contribution in [0.25, 0.3) is 0 Å². The smallest absolute Gasteiger partial charge is 0.282 e. The third kappa shape index (κ3) is 2.54. The number of fused-ring (bicyclic) bond motifs is 1. The lowest BCUT2D eigenvalue weighted by molar-refractivity contribution is -0.385. The number of nitrogens with one attached hydrogen (secondary N) is 1. The number of nitro groups is 1. The first-order valence-corrected chi connectivity index (χ1v) is 9.80. The van der Waals surface area contributed by atoms with E-state index in [0.29, 0.717) is 17.8 Å². The second-order valence-electron chi connectivity index (χ2n) is 8.90. The van der Waals surface area contributed by atoms with Crippen molar-refractivity contribution in [1.29, 1.82) is 0 Å². The highest BCUT2D eigenvalue weighted by atomic mass is 16.6. The van der Waals surface area contributed by atoms with Gasteiger partial charge in [-0.15, -0.1) is 0 Å². The van der Waals surface area contributed by atoms with Crippen LogP contribution in [0.4, 0.5) is 5.69 Å². The minimum absolute atomic E-state index is 0.0122. The molecule has 0 saturated heterocycles. The molecule has 0 radical (unpaired) electrons. The lowest BCUT2D eigenvalue weighted by atomic mass is 9.53. The topological polar surface area (TPSA) is 110 Å². The molecule has 0 atom stereocenters. The Morgan fingerprint density at radius 1 is 1.11 bits per heavy atom. The van der Waals surface area contributed by atoms with Crippen LogP contribution in [-0.2, 0) is 4.79 Å². The predicted octanol–water partition coefficient (Wildman–Crippen LogP) is 2.28. The SMILES string of the molecule is O=C(CN1C(=O)c2cccc([N+](=O)[O-])c2C1=O)NC12CC3CC(CC(C3)C1)C2. The zero-order valence-electron chi connectivity index (χ0n) is 15.3. The Hall–Kier alpha value is -2.77. The van der Waals surface area contributed by atoms with E-state index in [4.69, 9.17) is 0 Å². The highest BCUT2D eigenvalue weighted by Crippen LogP contribution is 2.55. The van der Waals surface area contributed by atoms with Crippen LogP contribution in [0, 0.1) is 27.9 Å². The molecule has 8 nitrogen and oxygen atoms in total. The number of nitro benzene ring substituents is 1. The van der Waals surface area contributed by atoms with Crippen molar-refractivity contribution in [2.45, 2.75) is 44.1 Å². The summed E-state index contributed by atoms with van der Waals surface area (Å²) in [6, 6.07) is 3.96. The van der Waals surface area contributed by atoms with Crippen LogP contribution in [-0.4, -0.2) is 39.6 Å². The van der Waals surface area contributed by atoms with Crippen molar-refractivity contribution in [2.24, 2.45) is 17.8 Å². The fourth-order valence-electron chi connectivity index (χ4n) is 6.35. The normalized spacial score (nSPS) is 32.6. The number of carbonyl (C=O) groups excluding carboxylic acids is 3. The van der Waals surface area contributed by atoms with Gasteiger partial charge in [-0.2, -0.15) is 0 Å². The monoisotopic (exact) mass is 383 g/mol. The Morgan fingerprint density at radius 3 is 2.29 bits per heavy atom. The van der Waals surface area contributed by atoms with E-state index in [1.54, 1.807) is 0 Å². The average molecular weight is 383 g/mol. The molecule has 4 bridgehead atoms. The van der Waals surface area contributed by atoms with Gasteiger partial charge >= 0.3 is 0 Å². The van der Waals surface area contributed by atoms with E-state index in [-0.39, 0.29) is 22.6 Å². The molecule has 1 aromatic carbocycles. The Labute approximate surface area is 161 Å². The van der Waals surface area contributed by atoms with E-state index in [0.717, 1.165) is 24.2 Å². The summed E-state index contributed by atoms with van der Waals surface area (Å²) < 4.78 is 0. The molecular weight excluding hydrogens is 362 g/mol. The minimum Gasteiger partial charge on any atom is -0.349 e. The van der Waals surface area contributed by atoms with Gasteiger partial charge in [0, 0.05) is 11.6 Å². The first-order chi connectivity index (χ1) is 13.3. The number of carbonyl (C=O) groups is 3. The third-order valence-electron chi connectivity index (χ3n) is 6.92. The number of imide groups is 1. The van der Waals surface area contributed by atoms with Crippen molar-refractivity contribution in [2.75, 3.05) is 6.54 Å². The van der Waals surface area contributed by atoms with Gasteiger partial charge in [-0.25, -0.2) is 0 Å². The number of nitrogens with zero attached hydrogens (tertiary/aromatic N) is 2. The Balaban J connectivity index is 1.34. The summed E-state index contributed by atoms with van der Waals surface area (Å²) in [6.07, 6.45) is 6.65. The molecular formula is C20H21N3O5. The molecule has 1 N–H and O–H groups in total. The summed E-state index contributed by atoms with van der Waals surface area (Å²) >= 11 is 0. The quantitative estimate of drug-likeness (QED) is 0.487. The third-order valence-corrected chi connectivity index (χ3v) is 6.92. The lowest BCUT2D eigenvalue weighted by Crippen LogP contribution is -2.61. The predicted molar refractivity (Wildman–Crippen MR) is 97.5 cm³/mol. The molecule has 1 heterocycles. The van der Waals surface area contributed by atoms with Gasteiger partial charge in [0.1, 0.15) is 12.1 Å². The molecule has 8 heteroatoms. The molecule has 4 fully saturated rings. The van der Waals surface area contributed by atoms with Gasteiger partial charge in [-0.1, -0.05) is 6.07 Å². The molecule has 0 aromatic heterocycles. The minimum atomic E-state index is -0.770. The van der Waals surface area contributed by atoms with Crippen molar-refractivity contribution in [3.8, 4) is 0 Å². The zero-order valence-corrected chi connectivity index (χ0v) is 15.3. The maximum atomic E-state index is 12.8. The fraction of sp³-hybridized carbons (Fsp3) is 0.550. The van der Waals surface area contributed by atoms with E-state index < -0.39 is 29.0 Å². The summed E-state index contributed by atoms with van der Waals surface area (Å²) in [7, 11) is 0. The molecule has 1 aliphatic heterocycles. The van der Waals surface area contributed by atoms with Crippen LogP contribution in [0.3, 0.4) is 0 Å². The first kappa shape index (κ1) is 17.3. The van der Waals surface area contributed by atoms with Crippen LogP contribution < -0.4 is 5.32 Å². The first-order valence-electron chi connectivity index (χ1n) is 9.80. The van der Waals surface area contributed by atoms with Gasteiger partial charge in [0.15, 0.2) is 0 Å². The standard InChI is InChI=1S/C20H21N3O5/c24-16(21-20-7-11-4-12(8-20)6-13(5-11)9-20)10-22-18(25)14-2-1-3-15(23(27)28)17(14)19(22)26/h1-3,11-13H,4-10H2,(H,21,24). The highest BCUT2D eigenvalue weighted by Gasteiger charge is 2.52. The Kier molecular flexibility index (Phi) is 3.63. The molecule has 0 spiro atoms. The molecule has 28 heavy (non-hydrogen) atoms. The van der Waals surface area contributed by atoms with E-state index in [1.807, 2.05) is 0 Å². The summed E-state index contributed by atoms with van der Waals surface area (Å²) in [5.41, 5.74) is -0.849. The summed E-state index contributed by atoms with van der Waals surface area (Å²) in [4.78, 5) is 49.3. The van der Waals surface area contributed by atoms with Gasteiger partial charge in [0.05, 0.1) is 10.5 Å². The second kappa shape index (κ2) is 5.86. The van der Waals surface area contributed by atoms with Gasteiger partial charge in [-0.05, 0) is 62.3 Å². The number of benzene rings is 1. The molecule has 4 saturated carbocycles. The Bertz CT molecular complexity index is 889. The number of hydrogen-bond acceptors (Lipinski definition) is 5. The van der Waals surface area contributed by atoms with Crippen LogP contribution in [0.5, 0.6) is 0 Å². The Morgan fingerprint density at radius 2 is 1.71 bits per heavy atom. The zero-order chi connectivity index (χ0) is 19.6. The molecule has 5 aliphatic rings. The van der Waals surface area contributed by atoms with E-state index in [9.17, 15) is 24.5 Å². The lowest BCUT2D eigenvalue weighted by Gasteiger charge is -2.56. The summed E-state index contributed by atoms with van der Waals surface area (Å²) in [5.74, 6) is 0.201. The van der Waals surface area contributed by atoms with Crippen LogP contribution >= 0.6 is 0 Å². The van der Waals surface area contributed by atoms with Crippen LogP contribution in [0.2, 0.25) is 0 Å². The molecule has 146 valence electrons. The maximum absolute atomic E-state index is 12.8. The largest absolute Gasteiger partial charge is 0.349 e. The van der Waals surface area contributed by atoms with Gasteiger partial charge < -0.3 is 5.32 Å². The van der Waals surface area contributed by atoms with Gasteiger partial charge in [-0.3, -0.25) is 29.4 Å². The second-order valence-corrected chi connectivity index (χ2v) is 8.90. The van der Waals surface area contributed by atoms with Crippen molar-refractivity contribution >= 4 is 23.4 Å². The van der Waals surface area contributed by atoms with E-state index in [2.05, 4.69) is 5.32 Å². The molecule has 4 aliphatic carbocycles. The van der Waals surface area contributed by atoms with E-state index >= 15 is 0 Å². The molecule has 1 aromatic rings. The fourth-order valence-corrected chi connectivity index (χ4v) is 6.35. The maximum Gasteiger partial charge on any atom is 0.282 e. The van der Waals surface area contributed by atoms with E-state index in [1.165, 1.54) is 37.5 Å².